The van der Waals surface area contributed by atoms with E-state index in [4.69, 9.17) is 4.74 Å². The number of halogens is 1. The molecule has 1 saturated carbocycles. The molecule has 1 atom stereocenters. The first-order valence-electron chi connectivity index (χ1n) is 7.33. The van der Waals surface area contributed by atoms with Crippen LogP contribution >= 0.6 is 24.0 Å². The van der Waals surface area contributed by atoms with Gasteiger partial charge in [0.05, 0.1) is 6.61 Å². The SMILES string of the molecule is CN=C(NCCN(C)C1CCCC1)NC(C)COC.I. The summed E-state index contributed by atoms with van der Waals surface area (Å²) in [5.41, 5.74) is 0. The van der Waals surface area contributed by atoms with E-state index >= 15 is 0 Å². The summed E-state index contributed by atoms with van der Waals surface area (Å²) in [6.45, 7) is 4.75. The fourth-order valence-electron chi connectivity index (χ4n) is 2.60. The highest BCUT2D eigenvalue weighted by atomic mass is 127. The maximum Gasteiger partial charge on any atom is 0.191 e. The van der Waals surface area contributed by atoms with Gasteiger partial charge in [-0.25, -0.2) is 0 Å². The van der Waals surface area contributed by atoms with Gasteiger partial charge >= 0.3 is 0 Å². The normalized spacial score (nSPS) is 17.9. The third-order valence-corrected chi connectivity index (χ3v) is 3.73. The quantitative estimate of drug-likeness (QED) is 0.389. The van der Waals surface area contributed by atoms with Crippen molar-refractivity contribution in [1.82, 2.24) is 15.5 Å². The molecule has 20 heavy (non-hydrogen) atoms. The van der Waals surface area contributed by atoms with Gasteiger partial charge < -0.3 is 20.3 Å². The zero-order valence-electron chi connectivity index (χ0n) is 13.3. The first kappa shape index (κ1) is 19.9. The Hall–Kier alpha value is -0.0800. The monoisotopic (exact) mass is 398 g/mol. The molecule has 2 N–H and O–H groups in total. The van der Waals surface area contributed by atoms with Gasteiger partial charge in [0.2, 0.25) is 0 Å². The van der Waals surface area contributed by atoms with Crippen LogP contribution in [-0.2, 0) is 4.74 Å². The number of hydrogen-bond acceptors (Lipinski definition) is 3. The van der Waals surface area contributed by atoms with Crippen LogP contribution in [-0.4, -0.2) is 63.8 Å². The number of likely N-dealkylation sites (N-methyl/N-ethyl adjacent to an activating group) is 1. The fraction of sp³-hybridized carbons (Fsp3) is 0.929. The minimum absolute atomic E-state index is 0. The summed E-state index contributed by atoms with van der Waals surface area (Å²) in [6, 6.07) is 1.05. The van der Waals surface area contributed by atoms with Gasteiger partial charge in [0.25, 0.3) is 0 Å². The van der Waals surface area contributed by atoms with Gasteiger partial charge in [0.1, 0.15) is 0 Å². The number of aliphatic imine (C=N–C) groups is 1. The van der Waals surface area contributed by atoms with E-state index in [1.165, 1.54) is 25.7 Å². The van der Waals surface area contributed by atoms with Gasteiger partial charge in [0.15, 0.2) is 5.96 Å². The summed E-state index contributed by atoms with van der Waals surface area (Å²) in [5, 5.41) is 6.66. The standard InChI is InChI=1S/C14H30N4O.HI/c1-12(11-19-4)17-14(15-2)16-9-10-18(3)13-7-5-6-8-13;/h12-13H,5-11H2,1-4H3,(H2,15,16,17);1H. The molecule has 6 heteroatoms. The molecule has 0 heterocycles. The average Bonchev–Trinajstić information content (AvgIpc) is 2.91. The molecule has 0 spiro atoms. The third kappa shape index (κ3) is 7.64. The van der Waals surface area contributed by atoms with E-state index in [1.807, 2.05) is 0 Å². The molecule has 0 aromatic rings. The molecule has 0 radical (unpaired) electrons. The largest absolute Gasteiger partial charge is 0.383 e. The van der Waals surface area contributed by atoms with Gasteiger partial charge in [0, 0.05) is 39.3 Å². The lowest BCUT2D eigenvalue weighted by Gasteiger charge is -2.25. The maximum atomic E-state index is 5.11. The summed E-state index contributed by atoms with van der Waals surface area (Å²) >= 11 is 0. The predicted octanol–water partition coefficient (Wildman–Crippen LogP) is 1.68. The van der Waals surface area contributed by atoms with Crippen LogP contribution in [0, 0.1) is 0 Å². The highest BCUT2D eigenvalue weighted by molar-refractivity contribution is 14.0. The Morgan fingerprint density at radius 2 is 2.05 bits per heavy atom. The van der Waals surface area contributed by atoms with Crippen molar-refractivity contribution in [3.05, 3.63) is 0 Å². The summed E-state index contributed by atoms with van der Waals surface area (Å²) < 4.78 is 5.11. The average molecular weight is 398 g/mol. The summed E-state index contributed by atoms with van der Waals surface area (Å²) in [7, 11) is 5.74. The lowest BCUT2D eigenvalue weighted by atomic mass is 10.2. The van der Waals surface area contributed by atoms with Gasteiger partial charge in [-0.2, -0.15) is 0 Å². The number of ether oxygens (including phenoxy) is 1. The second kappa shape index (κ2) is 11.6. The molecular weight excluding hydrogens is 367 g/mol. The number of methoxy groups -OCH3 is 1. The van der Waals surface area contributed by atoms with Crippen molar-refractivity contribution in [2.75, 3.05) is 40.9 Å². The number of nitrogens with zero attached hydrogens (tertiary/aromatic N) is 2. The molecule has 0 aromatic heterocycles. The zero-order chi connectivity index (χ0) is 14.1. The van der Waals surface area contributed by atoms with Crippen LogP contribution in [0.4, 0.5) is 0 Å². The molecule has 1 unspecified atom stereocenters. The van der Waals surface area contributed by atoms with Crippen molar-refractivity contribution in [2.45, 2.75) is 44.7 Å². The minimum Gasteiger partial charge on any atom is -0.383 e. The molecule has 1 aliphatic rings. The predicted molar refractivity (Wildman–Crippen MR) is 96.1 cm³/mol. The molecular formula is C14H31IN4O. The molecule has 1 fully saturated rings. The van der Waals surface area contributed by atoms with Crippen molar-refractivity contribution in [3.8, 4) is 0 Å². The Kier molecular flexibility index (Phi) is 11.5. The number of rotatable bonds is 7. The van der Waals surface area contributed by atoms with Crippen molar-refractivity contribution in [2.24, 2.45) is 4.99 Å². The summed E-state index contributed by atoms with van der Waals surface area (Å²) in [4.78, 5) is 6.69. The lowest BCUT2D eigenvalue weighted by molar-refractivity contribution is 0.179. The van der Waals surface area contributed by atoms with E-state index in [2.05, 4.69) is 34.5 Å². The van der Waals surface area contributed by atoms with E-state index in [-0.39, 0.29) is 30.0 Å². The van der Waals surface area contributed by atoms with Gasteiger partial charge in [-0.1, -0.05) is 12.8 Å². The van der Waals surface area contributed by atoms with Crippen LogP contribution < -0.4 is 10.6 Å². The second-order valence-corrected chi connectivity index (χ2v) is 5.42. The Morgan fingerprint density at radius 3 is 2.60 bits per heavy atom. The highest BCUT2D eigenvalue weighted by Gasteiger charge is 2.18. The van der Waals surface area contributed by atoms with E-state index in [0.29, 0.717) is 6.61 Å². The Balaban J connectivity index is 0.00000361. The third-order valence-electron chi connectivity index (χ3n) is 3.73. The Morgan fingerprint density at radius 1 is 1.40 bits per heavy atom. The van der Waals surface area contributed by atoms with Gasteiger partial charge in [-0.15, -0.1) is 24.0 Å². The van der Waals surface area contributed by atoms with Crippen LogP contribution in [0.15, 0.2) is 4.99 Å². The van der Waals surface area contributed by atoms with E-state index in [1.54, 1.807) is 14.2 Å². The van der Waals surface area contributed by atoms with Crippen LogP contribution in [0.25, 0.3) is 0 Å². The number of guanidine groups is 1. The van der Waals surface area contributed by atoms with Crippen molar-refractivity contribution in [1.29, 1.82) is 0 Å². The highest BCUT2D eigenvalue weighted by Crippen LogP contribution is 2.21. The molecule has 1 aliphatic carbocycles. The van der Waals surface area contributed by atoms with Crippen molar-refractivity contribution in [3.63, 3.8) is 0 Å². The van der Waals surface area contributed by atoms with E-state index < -0.39 is 0 Å². The fourth-order valence-corrected chi connectivity index (χ4v) is 2.60. The van der Waals surface area contributed by atoms with Gasteiger partial charge in [-0.3, -0.25) is 4.99 Å². The van der Waals surface area contributed by atoms with Crippen molar-refractivity contribution >= 4 is 29.9 Å². The van der Waals surface area contributed by atoms with Gasteiger partial charge in [-0.05, 0) is 26.8 Å². The number of nitrogens with one attached hydrogen (secondary N) is 2. The molecule has 0 bridgehead atoms. The zero-order valence-corrected chi connectivity index (χ0v) is 15.6. The number of hydrogen-bond donors (Lipinski definition) is 2. The first-order chi connectivity index (χ1) is 9.17. The molecule has 0 saturated heterocycles. The topological polar surface area (TPSA) is 48.9 Å². The molecule has 0 aromatic carbocycles. The Bertz CT molecular complexity index is 270. The van der Waals surface area contributed by atoms with E-state index in [0.717, 1.165) is 25.1 Å². The first-order valence-corrected chi connectivity index (χ1v) is 7.33. The second-order valence-electron chi connectivity index (χ2n) is 5.42. The lowest BCUT2D eigenvalue weighted by Crippen LogP contribution is -2.46. The van der Waals surface area contributed by atoms with Crippen LogP contribution in [0.2, 0.25) is 0 Å². The molecule has 0 aliphatic heterocycles. The Labute approximate surface area is 140 Å². The van der Waals surface area contributed by atoms with E-state index in [9.17, 15) is 0 Å². The van der Waals surface area contributed by atoms with Crippen molar-refractivity contribution < 1.29 is 4.74 Å². The molecule has 120 valence electrons. The summed E-state index contributed by atoms with van der Waals surface area (Å²) in [6.07, 6.45) is 5.49. The molecule has 0 amide bonds. The minimum atomic E-state index is 0. The molecule has 1 rings (SSSR count). The van der Waals surface area contributed by atoms with Crippen LogP contribution in [0.5, 0.6) is 0 Å². The van der Waals surface area contributed by atoms with Crippen LogP contribution in [0.3, 0.4) is 0 Å². The smallest absolute Gasteiger partial charge is 0.191 e. The maximum absolute atomic E-state index is 5.11. The van der Waals surface area contributed by atoms with Crippen LogP contribution in [0.1, 0.15) is 32.6 Å². The molecule has 5 nitrogen and oxygen atoms in total. The summed E-state index contributed by atoms with van der Waals surface area (Å²) in [5.74, 6) is 0.851.